The van der Waals surface area contributed by atoms with Gasteiger partial charge in [0, 0.05) is 63.8 Å². The van der Waals surface area contributed by atoms with Gasteiger partial charge in [-0.05, 0) is 62.9 Å². The molecule has 0 spiro atoms. The fourth-order valence-electron chi connectivity index (χ4n) is 4.23. The topological polar surface area (TPSA) is 194 Å². The molecule has 51 heavy (non-hydrogen) atoms. The molecule has 0 bridgehead atoms. The van der Waals surface area contributed by atoms with Crippen LogP contribution in [0.25, 0.3) is 0 Å². The number of carbonyl (C=O) groups excluding carboxylic acids is 11. The SMILES string of the molecule is CSC[C-]=O.[2H]C(=O)C1CCC(CN2C(=O)CC(SC)C2=O)CC1.[2H]C(=O)CC(=O)CSC.[2H]C(=O)CN1C(=O)CC(SC)C1=O.[2H]C(=O)CSC.[2H][C-]=O.[Y]. The van der Waals surface area contributed by atoms with Crippen molar-refractivity contribution in [1.29, 1.82) is 0 Å². The van der Waals surface area contributed by atoms with Crippen LogP contribution < -0.4 is 0 Å². The summed E-state index contributed by atoms with van der Waals surface area (Å²) in [6.07, 6.45) is 11.4. The second-order valence-corrected chi connectivity index (χ2v) is 14.6. The first-order valence-corrected chi connectivity index (χ1v) is 21.5. The summed E-state index contributed by atoms with van der Waals surface area (Å²) in [5, 5.41) is -0.578. The summed E-state index contributed by atoms with van der Waals surface area (Å²) in [6, 6.07) is 0. The van der Waals surface area contributed by atoms with Crippen LogP contribution in [0.15, 0.2) is 0 Å². The summed E-state index contributed by atoms with van der Waals surface area (Å²) in [7, 11) is 0. The van der Waals surface area contributed by atoms with Crippen molar-refractivity contribution in [2.45, 2.75) is 55.4 Å². The summed E-state index contributed by atoms with van der Waals surface area (Å²) >= 11 is 6.94. The van der Waals surface area contributed by atoms with Crippen molar-refractivity contribution >= 4 is 126 Å². The summed E-state index contributed by atoms with van der Waals surface area (Å²) in [6.45, 7) is 0.836. The molecule has 287 valence electrons. The molecule has 0 N–H and O–H groups in total. The molecule has 0 aromatic rings. The second kappa shape index (κ2) is 38.5. The molecule has 1 saturated carbocycles. The molecule has 2 heterocycles. The first kappa shape index (κ1) is 46.0. The zero-order valence-corrected chi connectivity index (χ0v) is 36.2. The molecule has 2 atom stereocenters. The molecule has 4 amide bonds. The molecule has 2 saturated heterocycles. The fourth-order valence-corrected chi connectivity index (χ4v) is 6.16. The Hall–Kier alpha value is -1.18. The first-order chi connectivity index (χ1) is 25.8. The van der Waals surface area contributed by atoms with Gasteiger partial charge in [0.15, 0.2) is 0 Å². The van der Waals surface area contributed by atoms with Gasteiger partial charge in [-0.15, -0.1) is 5.75 Å². The van der Waals surface area contributed by atoms with Crippen molar-refractivity contribution in [2.24, 2.45) is 11.8 Å². The van der Waals surface area contributed by atoms with Gasteiger partial charge in [0.1, 0.15) is 36.3 Å². The zero-order chi connectivity index (χ0) is 43.1. The Bertz CT molecular complexity index is 1300. The maximum Gasteiger partial charge on any atom is 0.243 e. The summed E-state index contributed by atoms with van der Waals surface area (Å²) in [5.74, 6) is 0.319. The summed E-state index contributed by atoms with van der Waals surface area (Å²) in [5.41, 5.74) is 0. The van der Waals surface area contributed by atoms with Crippen molar-refractivity contribution < 1.29 is 92.3 Å². The Morgan fingerprint density at radius 1 is 0.843 bits per heavy atom. The summed E-state index contributed by atoms with van der Waals surface area (Å²) < 4.78 is 31.9. The molecule has 3 rings (SSSR count). The minimum Gasteiger partial charge on any atom is -0.545 e. The van der Waals surface area contributed by atoms with E-state index in [0.29, 0.717) is 36.1 Å². The van der Waals surface area contributed by atoms with Crippen molar-refractivity contribution in [2.75, 3.05) is 61.6 Å². The molecule has 13 nitrogen and oxygen atoms in total. The van der Waals surface area contributed by atoms with E-state index >= 15 is 0 Å². The van der Waals surface area contributed by atoms with E-state index < -0.39 is 31.6 Å². The van der Waals surface area contributed by atoms with E-state index in [0.717, 1.165) is 37.3 Å². The molecule has 2 unspecified atom stereocenters. The molecule has 0 aromatic heterocycles. The third-order valence-electron chi connectivity index (χ3n) is 6.63. The first-order valence-electron chi connectivity index (χ1n) is 17.2. The largest absolute Gasteiger partial charge is 0.545 e. The van der Waals surface area contributed by atoms with E-state index in [1.807, 2.05) is 12.5 Å². The number of carbonyl (C=O) groups is 9. The molecule has 19 heteroatoms. The number of ketones is 1. The quantitative estimate of drug-likeness (QED) is 0.101. The number of hydrogen-bond donors (Lipinski definition) is 0. The average Bonchev–Trinajstić information content (AvgIpc) is 3.54. The number of likely N-dealkylation sites (tertiary alicyclic amines) is 2. The number of hydrogen-bond acceptors (Lipinski definition) is 16. The average molecular weight is 891 g/mol. The van der Waals surface area contributed by atoms with Gasteiger partial charge in [-0.1, -0.05) is 0 Å². The van der Waals surface area contributed by atoms with E-state index in [4.69, 9.17) is 11.6 Å². The van der Waals surface area contributed by atoms with Crippen LogP contribution >= 0.6 is 58.8 Å². The Balaban J connectivity index is -0.000000320. The Morgan fingerprint density at radius 2 is 1.35 bits per heavy atom. The fraction of sp³-hybridized carbons (Fsp3) is 0.656. The Kier molecular flexibility index (Phi) is 34.8. The Labute approximate surface area is 354 Å². The number of thioether (sulfide) groups is 5. The van der Waals surface area contributed by atoms with E-state index in [-0.39, 0.29) is 91.4 Å². The smallest absolute Gasteiger partial charge is 0.243 e. The van der Waals surface area contributed by atoms with E-state index in [1.165, 1.54) is 63.7 Å². The molecule has 1 aliphatic carbocycles. The number of rotatable bonds is 15. The van der Waals surface area contributed by atoms with Gasteiger partial charge in [0.25, 0.3) is 0 Å². The Morgan fingerprint density at radius 3 is 1.67 bits per heavy atom. The van der Waals surface area contributed by atoms with Crippen LogP contribution in [0.5, 0.6) is 0 Å². The van der Waals surface area contributed by atoms with Crippen LogP contribution in [0, 0.1) is 11.8 Å². The van der Waals surface area contributed by atoms with Gasteiger partial charge in [-0.2, -0.15) is 60.2 Å². The number of Topliss-reactive ketones (excluding diaryl/α,β-unsaturated/α-hetero) is 1. The predicted octanol–water partition coefficient (Wildman–Crippen LogP) is 2.40. The second-order valence-electron chi connectivity index (χ2n) is 9.94. The number of nitrogens with zero attached hydrogens (tertiary/aromatic N) is 2. The molecule has 3 aliphatic rings. The minimum atomic E-state index is -0.913. The number of imide groups is 2. The van der Waals surface area contributed by atoms with Gasteiger partial charge in [0.2, 0.25) is 23.6 Å². The monoisotopic (exact) mass is 890 g/mol. The molecule has 3 fully saturated rings. The van der Waals surface area contributed by atoms with Crippen LogP contribution in [0.2, 0.25) is 0 Å². The normalized spacial score (nSPS) is 21.3. The molecule has 2 aliphatic heterocycles. The molecule has 0 aromatic carbocycles. The summed E-state index contributed by atoms with van der Waals surface area (Å²) in [4.78, 5) is 118. The van der Waals surface area contributed by atoms with Crippen LogP contribution in [0.4, 0.5) is 0 Å². The van der Waals surface area contributed by atoms with Crippen molar-refractivity contribution in [3.8, 4) is 0 Å². The van der Waals surface area contributed by atoms with Crippen molar-refractivity contribution in [3.05, 3.63) is 0 Å². The predicted molar refractivity (Wildman–Crippen MR) is 204 cm³/mol. The van der Waals surface area contributed by atoms with Gasteiger partial charge < -0.3 is 28.8 Å². The van der Waals surface area contributed by atoms with Crippen LogP contribution in [-0.2, 0) is 85.4 Å². The maximum atomic E-state index is 12.0. The third kappa shape index (κ3) is 26.3. The van der Waals surface area contributed by atoms with E-state index in [1.54, 1.807) is 25.1 Å². The van der Waals surface area contributed by atoms with Crippen molar-refractivity contribution in [1.82, 2.24) is 9.80 Å². The zero-order valence-electron chi connectivity index (χ0n) is 34.3. The van der Waals surface area contributed by atoms with E-state index in [2.05, 4.69) is 0 Å². The number of aldehydes is 4. The van der Waals surface area contributed by atoms with Gasteiger partial charge in [-0.3, -0.25) is 46.8 Å². The molecular weight excluding hydrogens is 838 g/mol. The third-order valence-corrected chi connectivity index (χ3v) is 9.93. The molecule has 1 radical (unpaired) electrons. The van der Waals surface area contributed by atoms with Crippen LogP contribution in [0.3, 0.4) is 0 Å². The minimum absolute atomic E-state index is 0. The van der Waals surface area contributed by atoms with Gasteiger partial charge in [0.05, 0.1) is 29.2 Å². The van der Waals surface area contributed by atoms with E-state index in [9.17, 15) is 47.9 Å². The number of amides is 4. The van der Waals surface area contributed by atoms with Crippen LogP contribution in [-0.4, -0.2) is 149 Å². The van der Waals surface area contributed by atoms with Crippen molar-refractivity contribution in [3.63, 3.8) is 0 Å². The maximum absolute atomic E-state index is 12.0. The van der Waals surface area contributed by atoms with Gasteiger partial charge in [-0.25, -0.2) is 0 Å². The molecular formula is C32H48N2O11S5Y-2. The van der Waals surface area contributed by atoms with Crippen LogP contribution in [0.1, 0.15) is 51.8 Å². The van der Waals surface area contributed by atoms with Gasteiger partial charge >= 0.3 is 0 Å². The standard InChI is InChI=1S/C13H19NO3S.C7H9NO3S.C5H8O2S.C3H6OS.C3H5OS.CHO.Y/c1-18-11-6-12(16)14(13(11)17)7-9-2-4-10(8-15)5-3-9;1-12-5-4-6(10)8(2-3-9)7(5)11;1-8-4-5(7)2-3-6;2*1-5-3-2-4;1-2;/h8-11H,2-7H2,1H3;3,5H,2,4H2,1H3;3H,2,4H2,1H3;2H,3H2,1H3;3H2,1H3;1H;/q;;;;2*-1;/i8D;2*3D;2D;;1D;.